The molecule has 0 atom stereocenters. The lowest BCUT2D eigenvalue weighted by molar-refractivity contribution is 0.102. The molecule has 0 unspecified atom stereocenters. The Morgan fingerprint density at radius 1 is 1.42 bits per heavy atom. The lowest BCUT2D eigenvalue weighted by Crippen LogP contribution is -2.11. The van der Waals surface area contributed by atoms with Crippen molar-refractivity contribution in [2.75, 3.05) is 5.32 Å². The molecule has 0 radical (unpaired) electrons. The summed E-state index contributed by atoms with van der Waals surface area (Å²) in [6.07, 6.45) is 1.84. The van der Waals surface area contributed by atoms with Crippen molar-refractivity contribution in [1.82, 2.24) is 10.2 Å². The van der Waals surface area contributed by atoms with Crippen molar-refractivity contribution in [2.45, 2.75) is 26.7 Å². The van der Waals surface area contributed by atoms with Crippen LogP contribution in [0.25, 0.3) is 0 Å². The normalized spacial score (nSPS) is 10.4. The molecule has 0 aliphatic rings. The number of nitrogens with one attached hydrogen (secondary N) is 1. The minimum absolute atomic E-state index is 0.0317. The monoisotopic (exact) mass is 277 g/mol. The smallest absolute Gasteiger partial charge is 0.261 e. The molecule has 5 nitrogen and oxygen atoms in total. The first-order valence-corrected chi connectivity index (χ1v) is 6.85. The number of aromatic nitrogens is 2. The number of nitrogens with zero attached hydrogens (tertiary/aromatic N) is 2. The molecule has 0 spiro atoms. The van der Waals surface area contributed by atoms with Crippen LogP contribution >= 0.6 is 11.3 Å². The molecule has 100 valence electrons. The highest BCUT2D eigenvalue weighted by atomic mass is 32.1. The number of carbonyl (C=O) groups excluding carboxylic acids is 1. The number of benzene rings is 1. The van der Waals surface area contributed by atoms with E-state index in [1.807, 2.05) is 6.92 Å². The predicted octanol–water partition coefficient (Wildman–Crippen LogP) is 2.76. The Morgan fingerprint density at radius 3 is 2.89 bits per heavy atom. The highest BCUT2D eigenvalue weighted by molar-refractivity contribution is 7.15. The number of hydrogen-bond acceptors (Lipinski definition) is 5. The number of aromatic hydroxyl groups is 1. The fraction of sp³-hybridized carbons (Fsp3) is 0.308. The number of hydrogen-bond donors (Lipinski definition) is 2. The second-order valence-electron chi connectivity index (χ2n) is 4.23. The van der Waals surface area contributed by atoms with Crippen molar-refractivity contribution in [2.24, 2.45) is 0 Å². The van der Waals surface area contributed by atoms with Gasteiger partial charge in [0.15, 0.2) is 0 Å². The van der Waals surface area contributed by atoms with Crippen LogP contribution in [0.5, 0.6) is 5.75 Å². The molecule has 2 aromatic rings. The van der Waals surface area contributed by atoms with Gasteiger partial charge in [0.1, 0.15) is 10.8 Å². The van der Waals surface area contributed by atoms with Crippen LogP contribution in [0, 0.1) is 6.92 Å². The highest BCUT2D eigenvalue weighted by Crippen LogP contribution is 2.21. The Bertz CT molecular complexity index is 595. The Morgan fingerprint density at radius 2 is 2.21 bits per heavy atom. The number of aryl methyl sites for hydroxylation is 2. The van der Waals surface area contributed by atoms with Gasteiger partial charge in [0.2, 0.25) is 5.13 Å². The molecule has 0 fully saturated rings. The van der Waals surface area contributed by atoms with Gasteiger partial charge in [0.05, 0.1) is 5.56 Å². The van der Waals surface area contributed by atoms with E-state index < -0.39 is 0 Å². The SMILES string of the molecule is CCCc1nnc(NC(=O)c2ccc(C)cc2O)s1. The van der Waals surface area contributed by atoms with E-state index in [1.165, 1.54) is 11.3 Å². The number of phenols is 1. The number of rotatable bonds is 4. The van der Waals surface area contributed by atoms with E-state index in [0.29, 0.717) is 5.13 Å². The van der Waals surface area contributed by atoms with E-state index >= 15 is 0 Å². The molecule has 1 aromatic carbocycles. The summed E-state index contributed by atoms with van der Waals surface area (Å²) in [5, 5.41) is 21.6. The van der Waals surface area contributed by atoms with Crippen molar-refractivity contribution in [3.05, 3.63) is 34.3 Å². The summed E-state index contributed by atoms with van der Waals surface area (Å²) in [6.45, 7) is 3.91. The summed E-state index contributed by atoms with van der Waals surface area (Å²) in [5.41, 5.74) is 1.13. The Balaban J connectivity index is 2.11. The third-order valence-corrected chi connectivity index (χ3v) is 3.45. The van der Waals surface area contributed by atoms with Gasteiger partial charge in [-0.15, -0.1) is 10.2 Å². The van der Waals surface area contributed by atoms with Gasteiger partial charge < -0.3 is 5.11 Å². The molecular weight excluding hydrogens is 262 g/mol. The average Bonchev–Trinajstić information content (AvgIpc) is 2.76. The molecule has 6 heteroatoms. The number of carbonyl (C=O) groups is 1. The number of phenolic OH excluding ortho intramolecular Hbond substituents is 1. The van der Waals surface area contributed by atoms with Crippen LogP contribution in [0.2, 0.25) is 0 Å². The van der Waals surface area contributed by atoms with Gasteiger partial charge in [-0.1, -0.05) is 24.3 Å². The largest absolute Gasteiger partial charge is 0.507 e. The zero-order chi connectivity index (χ0) is 13.8. The van der Waals surface area contributed by atoms with Crippen LogP contribution in [0.3, 0.4) is 0 Å². The molecule has 0 bridgehead atoms. The van der Waals surface area contributed by atoms with Crippen LogP contribution in [-0.4, -0.2) is 21.2 Å². The fourth-order valence-corrected chi connectivity index (χ4v) is 2.45. The maximum Gasteiger partial charge on any atom is 0.261 e. The average molecular weight is 277 g/mol. The molecule has 2 rings (SSSR count). The maximum absolute atomic E-state index is 12.0. The van der Waals surface area contributed by atoms with Crippen molar-refractivity contribution in [3.63, 3.8) is 0 Å². The second-order valence-corrected chi connectivity index (χ2v) is 5.29. The van der Waals surface area contributed by atoms with E-state index in [4.69, 9.17) is 0 Å². The van der Waals surface area contributed by atoms with E-state index in [0.717, 1.165) is 23.4 Å². The first-order valence-electron chi connectivity index (χ1n) is 6.03. The molecule has 0 aliphatic heterocycles. The van der Waals surface area contributed by atoms with E-state index in [2.05, 4.69) is 22.4 Å². The number of anilines is 1. The van der Waals surface area contributed by atoms with Crippen molar-refractivity contribution in [1.29, 1.82) is 0 Å². The predicted molar refractivity (Wildman–Crippen MR) is 74.7 cm³/mol. The Hall–Kier alpha value is -1.95. The van der Waals surface area contributed by atoms with Crippen molar-refractivity contribution in [3.8, 4) is 5.75 Å². The summed E-state index contributed by atoms with van der Waals surface area (Å²) >= 11 is 1.35. The zero-order valence-corrected chi connectivity index (χ0v) is 11.6. The van der Waals surface area contributed by atoms with Crippen molar-refractivity contribution < 1.29 is 9.90 Å². The summed E-state index contributed by atoms with van der Waals surface area (Å²) < 4.78 is 0. The molecule has 1 amide bonds. The summed E-state index contributed by atoms with van der Waals surface area (Å²) in [4.78, 5) is 12.0. The first-order chi connectivity index (χ1) is 9.10. The molecule has 2 N–H and O–H groups in total. The lowest BCUT2D eigenvalue weighted by atomic mass is 10.1. The minimum atomic E-state index is -0.378. The summed E-state index contributed by atoms with van der Waals surface area (Å²) in [6, 6.07) is 4.92. The Kier molecular flexibility index (Phi) is 4.11. The third kappa shape index (κ3) is 3.29. The van der Waals surface area contributed by atoms with Gasteiger partial charge in [0.25, 0.3) is 5.91 Å². The van der Waals surface area contributed by atoms with E-state index in [-0.39, 0.29) is 17.2 Å². The molecule has 0 aliphatic carbocycles. The first kappa shape index (κ1) is 13.5. The minimum Gasteiger partial charge on any atom is -0.507 e. The summed E-state index contributed by atoms with van der Waals surface area (Å²) in [7, 11) is 0. The van der Waals surface area contributed by atoms with E-state index in [1.54, 1.807) is 18.2 Å². The number of amides is 1. The molecule has 0 saturated heterocycles. The molecule has 0 saturated carbocycles. The quantitative estimate of drug-likeness (QED) is 0.901. The van der Waals surface area contributed by atoms with Crippen LogP contribution in [0.1, 0.15) is 34.3 Å². The third-order valence-electron chi connectivity index (χ3n) is 2.55. The topological polar surface area (TPSA) is 75.1 Å². The van der Waals surface area contributed by atoms with Gasteiger partial charge in [-0.3, -0.25) is 10.1 Å². The molecule has 1 heterocycles. The molecule has 19 heavy (non-hydrogen) atoms. The van der Waals surface area contributed by atoms with Gasteiger partial charge in [-0.25, -0.2) is 0 Å². The van der Waals surface area contributed by atoms with Crippen LogP contribution in [0.15, 0.2) is 18.2 Å². The maximum atomic E-state index is 12.0. The van der Waals surface area contributed by atoms with Gasteiger partial charge in [-0.05, 0) is 31.0 Å². The van der Waals surface area contributed by atoms with Gasteiger partial charge >= 0.3 is 0 Å². The Labute approximate surface area is 115 Å². The van der Waals surface area contributed by atoms with E-state index in [9.17, 15) is 9.90 Å². The second kappa shape index (κ2) is 5.79. The van der Waals surface area contributed by atoms with Gasteiger partial charge in [-0.2, -0.15) is 0 Å². The molecular formula is C13H15N3O2S. The summed E-state index contributed by atoms with van der Waals surface area (Å²) in [5.74, 6) is -0.410. The fourth-order valence-electron chi connectivity index (χ4n) is 1.62. The molecule has 1 aromatic heterocycles. The lowest BCUT2D eigenvalue weighted by Gasteiger charge is -2.04. The van der Waals surface area contributed by atoms with Crippen LogP contribution in [0.4, 0.5) is 5.13 Å². The zero-order valence-electron chi connectivity index (χ0n) is 10.8. The van der Waals surface area contributed by atoms with Crippen LogP contribution in [-0.2, 0) is 6.42 Å². The van der Waals surface area contributed by atoms with Crippen molar-refractivity contribution >= 4 is 22.4 Å². The standard InChI is InChI=1S/C13H15N3O2S/c1-3-4-11-15-16-13(19-11)14-12(18)9-6-5-8(2)7-10(9)17/h5-7,17H,3-4H2,1-2H3,(H,14,16,18). The van der Waals surface area contributed by atoms with Gasteiger partial charge in [0, 0.05) is 6.42 Å². The van der Waals surface area contributed by atoms with Crippen LogP contribution < -0.4 is 5.32 Å². The highest BCUT2D eigenvalue weighted by Gasteiger charge is 2.13.